The van der Waals surface area contributed by atoms with Crippen molar-refractivity contribution in [2.45, 2.75) is 64.1 Å². The van der Waals surface area contributed by atoms with E-state index in [1.807, 2.05) is 0 Å². The fraction of sp³-hybridized carbons (Fsp3) is 0.520. The summed E-state index contributed by atoms with van der Waals surface area (Å²) in [5.74, 6) is 0.962. The maximum atomic E-state index is 10.9. The minimum Gasteiger partial charge on any atom is -0.393 e. The number of fused-ring (bicyclic) bond motifs is 1. The van der Waals surface area contributed by atoms with Crippen molar-refractivity contribution < 1.29 is 5.11 Å². The van der Waals surface area contributed by atoms with Gasteiger partial charge in [0.15, 0.2) is 0 Å². The molecular formula is C25H33NO. The van der Waals surface area contributed by atoms with Crippen molar-refractivity contribution in [1.82, 2.24) is 4.90 Å². The third-order valence-electron chi connectivity index (χ3n) is 7.13. The number of hydrogen-bond acceptors (Lipinski definition) is 2. The molecule has 2 aromatic rings. The topological polar surface area (TPSA) is 23.5 Å². The van der Waals surface area contributed by atoms with Gasteiger partial charge >= 0.3 is 0 Å². The number of benzene rings is 2. The third kappa shape index (κ3) is 3.46. The minimum atomic E-state index is -0.197. The lowest BCUT2D eigenvalue weighted by Crippen LogP contribution is -2.57. The Bertz CT molecular complexity index is 769. The molecule has 1 saturated carbocycles. The average Bonchev–Trinajstić information content (AvgIpc) is 2.67. The number of hydrogen-bond donors (Lipinski definition) is 1. The molecule has 0 spiro atoms. The molecule has 2 aromatic carbocycles. The fourth-order valence-electron chi connectivity index (χ4n) is 5.57. The quantitative estimate of drug-likeness (QED) is 0.809. The van der Waals surface area contributed by atoms with Crippen molar-refractivity contribution in [3.05, 3.63) is 71.3 Å². The summed E-state index contributed by atoms with van der Waals surface area (Å²) in [7, 11) is 0. The molecule has 0 radical (unpaired) electrons. The maximum absolute atomic E-state index is 10.9. The molecule has 0 unspecified atom stereocenters. The lowest BCUT2D eigenvalue weighted by molar-refractivity contribution is -0.0575. The van der Waals surface area contributed by atoms with Crippen LogP contribution in [0.2, 0.25) is 0 Å². The molecule has 0 aromatic heterocycles. The van der Waals surface area contributed by atoms with Gasteiger partial charge in [0.1, 0.15) is 0 Å². The summed E-state index contributed by atoms with van der Waals surface area (Å²) in [4.78, 5) is 2.68. The summed E-state index contributed by atoms with van der Waals surface area (Å²) >= 11 is 0. The summed E-state index contributed by atoms with van der Waals surface area (Å²) in [6.07, 6.45) is 4.18. The molecule has 2 heteroatoms. The molecule has 4 rings (SSSR count). The molecule has 1 heterocycles. The molecule has 1 N–H and O–H groups in total. The van der Waals surface area contributed by atoms with Gasteiger partial charge in [-0.15, -0.1) is 0 Å². The zero-order valence-corrected chi connectivity index (χ0v) is 16.9. The Morgan fingerprint density at radius 2 is 1.67 bits per heavy atom. The van der Waals surface area contributed by atoms with Gasteiger partial charge in [-0.3, -0.25) is 4.90 Å². The van der Waals surface area contributed by atoms with E-state index in [0.717, 1.165) is 25.8 Å². The van der Waals surface area contributed by atoms with Crippen molar-refractivity contribution in [2.24, 2.45) is 11.8 Å². The standard InChI is InChI=1S/C25H33NO/c1-18-13-14-22(23(27)17-18)25(2,3)26-16-15-19-9-7-8-12-21(19)24(26)20-10-5-4-6-11-20/h4-12,18,22-24,27H,13-17H2,1-3H3/t18-,22-,23-,24-/m1/s1. The summed E-state index contributed by atoms with van der Waals surface area (Å²) in [6.45, 7) is 8.04. The second-order valence-corrected chi connectivity index (χ2v) is 9.20. The fourth-order valence-corrected chi connectivity index (χ4v) is 5.57. The molecule has 2 nitrogen and oxygen atoms in total. The molecule has 144 valence electrons. The van der Waals surface area contributed by atoms with Crippen LogP contribution in [0.25, 0.3) is 0 Å². The first kappa shape index (κ1) is 18.7. The van der Waals surface area contributed by atoms with E-state index in [9.17, 15) is 5.11 Å². The Labute approximate surface area is 164 Å². The smallest absolute Gasteiger partial charge is 0.0609 e. The van der Waals surface area contributed by atoms with Crippen molar-refractivity contribution in [1.29, 1.82) is 0 Å². The van der Waals surface area contributed by atoms with Gasteiger partial charge in [-0.1, -0.05) is 67.9 Å². The van der Waals surface area contributed by atoms with Crippen molar-refractivity contribution in [3.63, 3.8) is 0 Å². The second-order valence-electron chi connectivity index (χ2n) is 9.20. The average molecular weight is 364 g/mol. The molecule has 0 bridgehead atoms. The van der Waals surface area contributed by atoms with Gasteiger partial charge in [-0.2, -0.15) is 0 Å². The van der Waals surface area contributed by atoms with Crippen LogP contribution in [0.15, 0.2) is 54.6 Å². The Kier molecular flexibility index (Phi) is 5.13. The van der Waals surface area contributed by atoms with Crippen molar-refractivity contribution in [2.75, 3.05) is 6.54 Å². The van der Waals surface area contributed by atoms with E-state index >= 15 is 0 Å². The van der Waals surface area contributed by atoms with Crippen molar-refractivity contribution >= 4 is 0 Å². The highest BCUT2D eigenvalue weighted by atomic mass is 16.3. The third-order valence-corrected chi connectivity index (χ3v) is 7.13. The normalized spacial score (nSPS) is 29.3. The van der Waals surface area contributed by atoms with Crippen molar-refractivity contribution in [3.8, 4) is 0 Å². The number of aliphatic hydroxyl groups excluding tert-OH is 1. The van der Waals surface area contributed by atoms with Gasteiger partial charge in [0, 0.05) is 18.0 Å². The predicted octanol–water partition coefficient (Wildman–Crippen LogP) is 5.21. The van der Waals surface area contributed by atoms with Crippen LogP contribution in [-0.4, -0.2) is 28.2 Å². The van der Waals surface area contributed by atoms with E-state index in [2.05, 4.69) is 80.3 Å². The van der Waals surface area contributed by atoms with E-state index in [4.69, 9.17) is 0 Å². The molecule has 0 saturated heterocycles. The highest BCUT2D eigenvalue weighted by Gasteiger charge is 2.45. The molecule has 2 aliphatic rings. The van der Waals surface area contributed by atoms with Gasteiger partial charge in [-0.05, 0) is 55.7 Å². The first-order valence-electron chi connectivity index (χ1n) is 10.6. The van der Waals surface area contributed by atoms with Gasteiger partial charge in [0.05, 0.1) is 12.1 Å². The highest BCUT2D eigenvalue weighted by molar-refractivity contribution is 5.40. The Morgan fingerprint density at radius 3 is 2.41 bits per heavy atom. The summed E-state index contributed by atoms with van der Waals surface area (Å²) < 4.78 is 0. The lowest BCUT2D eigenvalue weighted by Gasteiger charge is -2.53. The van der Waals surface area contributed by atoms with E-state index < -0.39 is 0 Å². The molecule has 27 heavy (non-hydrogen) atoms. The second kappa shape index (κ2) is 7.41. The Hall–Kier alpha value is -1.64. The van der Waals surface area contributed by atoms with E-state index in [-0.39, 0.29) is 17.7 Å². The molecular weight excluding hydrogens is 330 g/mol. The molecule has 0 amide bonds. The minimum absolute atomic E-state index is 0.0480. The van der Waals surface area contributed by atoms with Crippen LogP contribution in [0.3, 0.4) is 0 Å². The zero-order chi connectivity index (χ0) is 19.0. The Morgan fingerprint density at radius 1 is 0.963 bits per heavy atom. The molecule has 4 atom stereocenters. The zero-order valence-electron chi connectivity index (χ0n) is 16.9. The maximum Gasteiger partial charge on any atom is 0.0609 e. The predicted molar refractivity (Wildman–Crippen MR) is 112 cm³/mol. The van der Waals surface area contributed by atoms with E-state index in [0.29, 0.717) is 11.8 Å². The molecule has 1 aliphatic heterocycles. The number of aliphatic hydroxyl groups is 1. The van der Waals surface area contributed by atoms with Crippen LogP contribution in [0.5, 0.6) is 0 Å². The summed E-state index contributed by atoms with van der Waals surface area (Å²) in [5.41, 5.74) is 4.21. The van der Waals surface area contributed by atoms with E-state index in [1.165, 1.54) is 23.1 Å². The molecule has 1 aliphatic carbocycles. The van der Waals surface area contributed by atoms with Gasteiger partial charge in [-0.25, -0.2) is 0 Å². The Balaban J connectivity index is 1.74. The van der Waals surface area contributed by atoms with Crippen LogP contribution in [0.1, 0.15) is 62.8 Å². The van der Waals surface area contributed by atoms with Crippen LogP contribution >= 0.6 is 0 Å². The first-order valence-corrected chi connectivity index (χ1v) is 10.6. The largest absolute Gasteiger partial charge is 0.393 e. The highest BCUT2D eigenvalue weighted by Crippen LogP contribution is 2.45. The van der Waals surface area contributed by atoms with Gasteiger partial charge in [0.2, 0.25) is 0 Å². The van der Waals surface area contributed by atoms with E-state index in [1.54, 1.807) is 0 Å². The van der Waals surface area contributed by atoms with Crippen LogP contribution in [0.4, 0.5) is 0 Å². The SMILES string of the molecule is C[C@@H]1CC[C@@H](C(C)(C)N2CCc3ccccc3[C@H]2c2ccccc2)[C@H](O)C1. The van der Waals surface area contributed by atoms with Crippen LogP contribution in [-0.2, 0) is 6.42 Å². The molecule has 1 fully saturated rings. The first-order chi connectivity index (χ1) is 13.0. The summed E-state index contributed by atoms with van der Waals surface area (Å²) in [6, 6.07) is 20.1. The van der Waals surface area contributed by atoms with Gasteiger partial charge < -0.3 is 5.11 Å². The van der Waals surface area contributed by atoms with Crippen LogP contribution in [0, 0.1) is 11.8 Å². The van der Waals surface area contributed by atoms with Gasteiger partial charge in [0.25, 0.3) is 0 Å². The monoisotopic (exact) mass is 363 g/mol. The van der Waals surface area contributed by atoms with Crippen LogP contribution < -0.4 is 0 Å². The summed E-state index contributed by atoms with van der Waals surface area (Å²) in [5, 5.41) is 10.9. The number of rotatable bonds is 3. The lowest BCUT2D eigenvalue weighted by atomic mass is 9.69. The number of nitrogens with zero attached hydrogens (tertiary/aromatic N) is 1.